The highest BCUT2D eigenvalue weighted by atomic mass is 32.2. The molecule has 73 heavy (non-hydrogen) atoms. The van der Waals surface area contributed by atoms with Crippen molar-refractivity contribution in [2.75, 3.05) is 42.6 Å². The van der Waals surface area contributed by atoms with E-state index in [1.54, 1.807) is 110 Å². The fraction of sp³-hybridized carbons (Fsp3) is 0.360. The smallest absolute Gasteiger partial charge is 0.341 e. The third kappa shape index (κ3) is 14.9. The normalized spacial score (nSPS) is 14.1. The maximum atomic E-state index is 12.7. The van der Waals surface area contributed by atoms with Gasteiger partial charge in [-0.1, -0.05) is 60.7 Å². The molecule has 0 atom stereocenters. The minimum absolute atomic E-state index is 0.0839. The maximum absolute atomic E-state index is 12.7. The number of piperidine rings is 2. The zero-order valence-electron chi connectivity index (χ0n) is 40.3. The molecule has 2 amide bonds. The van der Waals surface area contributed by atoms with E-state index in [9.17, 15) is 51.8 Å². The van der Waals surface area contributed by atoms with Crippen LogP contribution in [0, 0.1) is 45.8 Å². The van der Waals surface area contributed by atoms with Crippen LogP contribution in [-0.2, 0) is 57.2 Å². The number of hydrogen-bond donors (Lipinski definition) is 2. The molecule has 0 aliphatic carbocycles. The molecule has 0 radical (unpaired) electrons. The number of aromatic nitrogens is 4. The molecule has 2 aliphatic rings. The molecular weight excluding hydrogens is 979 g/mol. The van der Waals surface area contributed by atoms with E-state index in [4.69, 9.17) is 9.47 Å². The lowest BCUT2D eigenvalue weighted by Crippen LogP contribution is -2.43. The van der Waals surface area contributed by atoms with Gasteiger partial charge in [0.1, 0.15) is 29.8 Å². The van der Waals surface area contributed by atoms with E-state index in [-0.39, 0.29) is 58.4 Å². The Labute approximate surface area is 423 Å². The Morgan fingerprint density at radius 1 is 0.699 bits per heavy atom. The first kappa shape index (κ1) is 54.1. The molecule has 21 nitrogen and oxygen atoms in total. The summed E-state index contributed by atoms with van der Waals surface area (Å²) < 4.78 is 66.2. The van der Waals surface area contributed by atoms with Gasteiger partial charge in [0.15, 0.2) is 5.69 Å². The van der Waals surface area contributed by atoms with Crippen LogP contribution in [0.5, 0.6) is 0 Å². The standard InChI is InChI=1S/C26H28N6O5S.C24H25N5O5S/c1-2-37-26(34)22-14-21(15-27)24(29-23(22)16-31-13-10-28-18-31)32-11-8-20(9-12-32)25(33)30-38(35,36)17-19-6-4-3-5-7-19;1-16(2)34-24(31)20-12-19(13-25)22(27-21(20)14-26)29-10-8-18(9-11-29)23(30)28-35(32,33)15-17-6-4-3-5-7-17/h3-7,10,13-14,18,20H,2,8-9,11-12,16-17H2,1H3,(H,30,33);3-7,12,16,18H,8-11,15H2,1-2H3,(H,28,30). The van der Waals surface area contributed by atoms with Crippen molar-refractivity contribution in [3.05, 3.63) is 136 Å². The van der Waals surface area contributed by atoms with Gasteiger partial charge in [0.2, 0.25) is 31.9 Å². The van der Waals surface area contributed by atoms with Crippen molar-refractivity contribution in [1.29, 1.82) is 15.8 Å². The van der Waals surface area contributed by atoms with Gasteiger partial charge in [-0.3, -0.25) is 19.0 Å². The molecule has 0 bridgehead atoms. The monoisotopic (exact) mass is 1030 g/mol. The van der Waals surface area contributed by atoms with Crippen LogP contribution in [0.25, 0.3) is 0 Å². The highest BCUT2D eigenvalue weighted by Gasteiger charge is 2.32. The minimum Gasteiger partial charge on any atom is -0.462 e. The summed E-state index contributed by atoms with van der Waals surface area (Å²) >= 11 is 0. The minimum atomic E-state index is -3.84. The SMILES string of the molecule is CC(C)OC(=O)c1cc(C#N)c(N2CCC(C(=O)NS(=O)(=O)Cc3ccccc3)CC2)nc1C#N.CCOC(=O)c1cc(C#N)c(N2CCC(C(=O)NS(=O)(=O)Cc3ccccc3)CC2)nc1Cn1ccnc1. The van der Waals surface area contributed by atoms with Gasteiger partial charge in [-0.2, -0.15) is 15.8 Å². The number of ether oxygens (including phenoxy) is 2. The molecule has 2 fully saturated rings. The van der Waals surface area contributed by atoms with Gasteiger partial charge in [-0.15, -0.1) is 0 Å². The van der Waals surface area contributed by atoms with Crippen LogP contribution in [0.2, 0.25) is 0 Å². The fourth-order valence-electron chi connectivity index (χ4n) is 8.11. The molecule has 2 aliphatic heterocycles. The largest absolute Gasteiger partial charge is 0.462 e. The van der Waals surface area contributed by atoms with Gasteiger partial charge < -0.3 is 23.8 Å². The van der Waals surface area contributed by atoms with Crippen molar-refractivity contribution >= 4 is 55.4 Å². The molecule has 380 valence electrons. The third-order valence-corrected chi connectivity index (χ3v) is 14.1. The van der Waals surface area contributed by atoms with Crippen LogP contribution in [0.3, 0.4) is 0 Å². The molecule has 0 saturated carbocycles. The van der Waals surface area contributed by atoms with Crippen LogP contribution in [0.4, 0.5) is 11.6 Å². The number of anilines is 2. The number of hydrogen-bond acceptors (Lipinski definition) is 18. The van der Waals surface area contributed by atoms with E-state index < -0.39 is 61.7 Å². The van der Waals surface area contributed by atoms with Crippen LogP contribution < -0.4 is 19.2 Å². The lowest BCUT2D eigenvalue weighted by molar-refractivity contribution is -0.124. The predicted octanol–water partition coefficient (Wildman–Crippen LogP) is 4.49. The molecule has 5 heterocycles. The Hall–Kier alpha value is -8.20. The predicted molar refractivity (Wildman–Crippen MR) is 265 cm³/mol. The lowest BCUT2D eigenvalue weighted by Gasteiger charge is -2.33. The van der Waals surface area contributed by atoms with Crippen LogP contribution in [-0.4, -0.2) is 99.0 Å². The van der Waals surface area contributed by atoms with Crippen molar-refractivity contribution in [1.82, 2.24) is 29.0 Å². The molecule has 5 aromatic rings. The summed E-state index contributed by atoms with van der Waals surface area (Å²) in [5.74, 6) is -3.36. The van der Waals surface area contributed by atoms with E-state index in [0.717, 1.165) is 0 Å². The average Bonchev–Trinajstić information content (AvgIpc) is 3.89. The maximum Gasteiger partial charge on any atom is 0.341 e. The summed E-state index contributed by atoms with van der Waals surface area (Å²) in [4.78, 5) is 66.8. The van der Waals surface area contributed by atoms with Crippen molar-refractivity contribution < 1.29 is 45.5 Å². The summed E-state index contributed by atoms with van der Waals surface area (Å²) in [6, 6.07) is 26.0. The molecule has 2 saturated heterocycles. The number of benzene rings is 2. The molecule has 2 aromatic carbocycles. The number of nitrogens with one attached hydrogen (secondary N) is 2. The number of sulfonamides is 2. The molecular formula is C50H53N11O10S2. The summed E-state index contributed by atoms with van der Waals surface area (Å²) in [6.45, 7) is 6.90. The molecule has 0 unspecified atom stereocenters. The molecule has 2 N–H and O–H groups in total. The number of pyridine rings is 2. The number of esters is 2. The summed E-state index contributed by atoms with van der Waals surface area (Å²) in [5, 5.41) is 28.9. The fourth-order valence-corrected chi connectivity index (χ4v) is 10.5. The number of carbonyl (C=O) groups excluding carboxylic acids is 4. The third-order valence-electron chi connectivity index (χ3n) is 11.6. The van der Waals surface area contributed by atoms with E-state index in [2.05, 4.69) is 30.5 Å². The van der Waals surface area contributed by atoms with E-state index in [0.29, 0.717) is 74.5 Å². The Balaban J connectivity index is 0.000000239. The summed E-state index contributed by atoms with van der Waals surface area (Å²) in [7, 11) is -7.67. The van der Waals surface area contributed by atoms with Gasteiger partial charge >= 0.3 is 11.9 Å². The van der Waals surface area contributed by atoms with Gasteiger partial charge in [0, 0.05) is 50.4 Å². The highest BCUT2D eigenvalue weighted by molar-refractivity contribution is 7.89. The Bertz CT molecular complexity index is 3140. The summed E-state index contributed by atoms with van der Waals surface area (Å²) in [5.41, 5.74) is 1.89. The molecule has 7 rings (SSSR count). The number of carbonyl (C=O) groups is 4. The number of amides is 2. The first-order chi connectivity index (χ1) is 34.9. The van der Waals surface area contributed by atoms with E-state index in [1.165, 1.54) is 12.1 Å². The number of nitrogens with zero attached hydrogens (tertiary/aromatic N) is 9. The van der Waals surface area contributed by atoms with Crippen molar-refractivity contribution in [2.24, 2.45) is 11.8 Å². The zero-order valence-corrected chi connectivity index (χ0v) is 41.9. The quantitative estimate of drug-likeness (QED) is 0.129. The van der Waals surface area contributed by atoms with Crippen LogP contribution in [0.1, 0.15) is 101 Å². The topological polar surface area (TPSA) is 301 Å². The number of nitriles is 3. The average molecular weight is 1030 g/mol. The lowest BCUT2D eigenvalue weighted by atomic mass is 9.96. The molecule has 0 spiro atoms. The number of rotatable bonds is 16. The van der Waals surface area contributed by atoms with Crippen LogP contribution >= 0.6 is 0 Å². The number of imidazole rings is 1. The first-order valence-electron chi connectivity index (χ1n) is 23.2. The molecule has 23 heteroatoms. The van der Waals surface area contributed by atoms with Gasteiger partial charge in [-0.25, -0.2) is 41.4 Å². The molecule has 3 aromatic heterocycles. The van der Waals surface area contributed by atoms with Gasteiger partial charge in [-0.05, 0) is 69.7 Å². The second-order valence-corrected chi connectivity index (χ2v) is 20.7. The highest BCUT2D eigenvalue weighted by Crippen LogP contribution is 2.29. The van der Waals surface area contributed by atoms with Crippen molar-refractivity contribution in [2.45, 2.75) is 70.6 Å². The van der Waals surface area contributed by atoms with E-state index >= 15 is 0 Å². The van der Waals surface area contributed by atoms with Crippen molar-refractivity contribution in [3.8, 4) is 18.2 Å². The Morgan fingerprint density at radius 3 is 1.60 bits per heavy atom. The van der Waals surface area contributed by atoms with E-state index in [1.807, 2.05) is 17.0 Å². The zero-order chi connectivity index (χ0) is 52.7. The second kappa shape index (κ2) is 24.8. The van der Waals surface area contributed by atoms with Crippen molar-refractivity contribution in [3.63, 3.8) is 0 Å². The van der Waals surface area contributed by atoms with Gasteiger partial charge in [0.05, 0.1) is 65.0 Å². The van der Waals surface area contributed by atoms with Gasteiger partial charge in [0.25, 0.3) is 0 Å². The van der Waals surface area contributed by atoms with Crippen LogP contribution in [0.15, 0.2) is 91.5 Å². The Kier molecular flexibility index (Phi) is 18.4. The first-order valence-corrected chi connectivity index (χ1v) is 26.5. The summed E-state index contributed by atoms with van der Waals surface area (Å²) in [6.07, 6.45) is 5.99. The Morgan fingerprint density at radius 2 is 1.18 bits per heavy atom. The second-order valence-electron chi connectivity index (χ2n) is 17.3.